The predicted molar refractivity (Wildman–Crippen MR) is 134 cm³/mol. The molecule has 0 aromatic carbocycles. The molecule has 4 aliphatic rings. The fourth-order valence-electron chi connectivity index (χ4n) is 8.92. The highest BCUT2D eigenvalue weighted by Gasteiger charge is 2.68. The molecule has 0 aliphatic heterocycles. The molecule has 190 valence electrons. The highest BCUT2D eigenvalue weighted by Crippen LogP contribution is 2.69. The molecule has 0 bridgehead atoms. The van der Waals surface area contributed by atoms with Crippen molar-refractivity contribution in [3.05, 3.63) is 11.6 Å². The molecular formula is C30H46O4. The number of unbranched alkanes of at least 4 members (excludes halogenated alkanes) is 4. The van der Waals surface area contributed by atoms with Crippen LogP contribution in [0.2, 0.25) is 0 Å². The van der Waals surface area contributed by atoms with E-state index in [0.717, 1.165) is 51.4 Å². The summed E-state index contributed by atoms with van der Waals surface area (Å²) >= 11 is 0. The van der Waals surface area contributed by atoms with Crippen LogP contribution in [0.3, 0.4) is 0 Å². The summed E-state index contributed by atoms with van der Waals surface area (Å²) in [5.41, 5.74) is 0.207. The topological polar surface area (TPSA) is 60.4 Å². The second-order valence-corrected chi connectivity index (χ2v) is 12.5. The molecule has 0 unspecified atom stereocenters. The minimum atomic E-state index is -0.966. The number of fused-ring (bicyclic) bond motifs is 5. The van der Waals surface area contributed by atoms with Crippen LogP contribution in [-0.4, -0.2) is 23.1 Å². The van der Waals surface area contributed by atoms with Crippen LogP contribution in [0, 0.1) is 34.5 Å². The molecule has 0 aromatic heterocycles. The lowest BCUT2D eigenvalue weighted by molar-refractivity contribution is -0.189. The predicted octanol–water partition coefficient (Wildman–Crippen LogP) is 7.00. The van der Waals surface area contributed by atoms with E-state index in [1.807, 2.05) is 6.08 Å². The van der Waals surface area contributed by atoms with Crippen LogP contribution in [0.4, 0.5) is 0 Å². The van der Waals surface area contributed by atoms with Crippen molar-refractivity contribution in [2.24, 2.45) is 34.5 Å². The molecule has 3 saturated carbocycles. The zero-order chi connectivity index (χ0) is 24.7. The van der Waals surface area contributed by atoms with Crippen molar-refractivity contribution < 1.29 is 19.1 Å². The van der Waals surface area contributed by atoms with Gasteiger partial charge in [-0.2, -0.15) is 0 Å². The van der Waals surface area contributed by atoms with Gasteiger partial charge < -0.3 is 4.74 Å². The zero-order valence-corrected chi connectivity index (χ0v) is 22.2. The summed E-state index contributed by atoms with van der Waals surface area (Å²) in [5, 5.41) is 0. The first-order chi connectivity index (χ1) is 16.1. The van der Waals surface area contributed by atoms with Crippen LogP contribution in [-0.2, 0) is 19.1 Å². The molecule has 0 spiro atoms. The van der Waals surface area contributed by atoms with E-state index in [0.29, 0.717) is 42.9 Å². The zero-order valence-electron chi connectivity index (χ0n) is 22.2. The maximum absolute atomic E-state index is 13.2. The maximum atomic E-state index is 13.2. The number of hydrogen-bond donors (Lipinski definition) is 0. The van der Waals surface area contributed by atoms with Gasteiger partial charge in [0.2, 0.25) is 0 Å². The Labute approximate surface area is 206 Å². The Bertz CT molecular complexity index is 858. The second-order valence-electron chi connectivity index (χ2n) is 12.5. The lowest BCUT2D eigenvalue weighted by atomic mass is 9.44. The Morgan fingerprint density at radius 3 is 2.44 bits per heavy atom. The van der Waals surface area contributed by atoms with Crippen molar-refractivity contribution in [1.82, 2.24) is 0 Å². The Morgan fingerprint density at radius 2 is 1.74 bits per heavy atom. The van der Waals surface area contributed by atoms with E-state index in [1.54, 1.807) is 6.92 Å². The van der Waals surface area contributed by atoms with E-state index < -0.39 is 5.60 Å². The average molecular weight is 471 g/mol. The SMILES string of the molecule is CCCCCCCC(=O)O[C@]1(C(C)=O)CC[C@H]2[C@@H]3C[C@H](C)C4=CC(=O)CC[C@]4(C)[C@H]3CC[C@@]21C. The van der Waals surface area contributed by atoms with Crippen molar-refractivity contribution in [1.29, 1.82) is 0 Å². The van der Waals surface area contributed by atoms with Gasteiger partial charge in [-0.3, -0.25) is 14.4 Å². The van der Waals surface area contributed by atoms with Crippen molar-refractivity contribution in [2.45, 2.75) is 124 Å². The van der Waals surface area contributed by atoms with Crippen LogP contribution in [0.1, 0.15) is 118 Å². The fraction of sp³-hybridized carbons (Fsp3) is 0.833. The fourth-order valence-corrected chi connectivity index (χ4v) is 8.92. The van der Waals surface area contributed by atoms with Gasteiger partial charge in [-0.15, -0.1) is 0 Å². The Morgan fingerprint density at radius 1 is 1.03 bits per heavy atom. The van der Waals surface area contributed by atoms with E-state index >= 15 is 0 Å². The molecule has 0 aromatic rings. The van der Waals surface area contributed by atoms with Gasteiger partial charge in [0.15, 0.2) is 17.2 Å². The van der Waals surface area contributed by atoms with Gasteiger partial charge in [0, 0.05) is 18.3 Å². The van der Waals surface area contributed by atoms with Crippen LogP contribution >= 0.6 is 0 Å². The van der Waals surface area contributed by atoms with Crippen molar-refractivity contribution >= 4 is 17.5 Å². The minimum absolute atomic E-state index is 0.0363. The Balaban J connectivity index is 1.55. The summed E-state index contributed by atoms with van der Waals surface area (Å²) in [5.74, 6) is 2.01. The summed E-state index contributed by atoms with van der Waals surface area (Å²) in [4.78, 5) is 38.4. The number of ether oxygens (including phenoxy) is 1. The van der Waals surface area contributed by atoms with Gasteiger partial charge in [0.1, 0.15) is 0 Å². The smallest absolute Gasteiger partial charge is 0.306 e. The minimum Gasteiger partial charge on any atom is -0.450 e. The lowest BCUT2D eigenvalue weighted by Gasteiger charge is -2.60. The van der Waals surface area contributed by atoms with Crippen LogP contribution in [0.25, 0.3) is 0 Å². The number of hydrogen-bond acceptors (Lipinski definition) is 4. The number of carbonyl (C=O) groups excluding carboxylic acids is 3. The van der Waals surface area contributed by atoms with Crippen molar-refractivity contribution in [2.75, 3.05) is 0 Å². The summed E-state index contributed by atoms with van der Waals surface area (Å²) in [6.45, 7) is 10.8. The van der Waals surface area contributed by atoms with Gasteiger partial charge in [-0.1, -0.05) is 59.0 Å². The molecule has 3 fully saturated rings. The molecule has 4 nitrogen and oxygen atoms in total. The van der Waals surface area contributed by atoms with E-state index in [4.69, 9.17) is 4.74 Å². The molecule has 0 amide bonds. The van der Waals surface area contributed by atoms with Gasteiger partial charge in [0.05, 0.1) is 0 Å². The van der Waals surface area contributed by atoms with E-state index in [2.05, 4.69) is 27.7 Å². The number of carbonyl (C=O) groups is 3. The van der Waals surface area contributed by atoms with E-state index in [1.165, 1.54) is 18.4 Å². The summed E-state index contributed by atoms with van der Waals surface area (Å²) in [6, 6.07) is 0. The van der Waals surface area contributed by atoms with Gasteiger partial charge >= 0.3 is 5.97 Å². The van der Waals surface area contributed by atoms with Crippen LogP contribution < -0.4 is 0 Å². The molecule has 0 N–H and O–H groups in total. The normalized spacial score (nSPS) is 41.2. The number of Topliss-reactive ketones (excluding diaryl/α,β-unsaturated/α-hetero) is 1. The largest absolute Gasteiger partial charge is 0.450 e. The third kappa shape index (κ3) is 4.01. The highest BCUT2D eigenvalue weighted by molar-refractivity contribution is 5.92. The molecule has 7 atom stereocenters. The third-order valence-corrected chi connectivity index (χ3v) is 10.7. The van der Waals surface area contributed by atoms with E-state index in [-0.39, 0.29) is 28.4 Å². The average Bonchev–Trinajstić information content (AvgIpc) is 3.08. The van der Waals surface area contributed by atoms with E-state index in [9.17, 15) is 14.4 Å². The van der Waals surface area contributed by atoms with Crippen LogP contribution in [0.5, 0.6) is 0 Å². The maximum Gasteiger partial charge on any atom is 0.306 e. The van der Waals surface area contributed by atoms with Crippen molar-refractivity contribution in [3.8, 4) is 0 Å². The molecule has 0 radical (unpaired) electrons. The molecule has 4 heteroatoms. The lowest BCUT2D eigenvalue weighted by Crippen LogP contribution is -2.59. The van der Waals surface area contributed by atoms with Crippen molar-refractivity contribution in [3.63, 3.8) is 0 Å². The molecular weight excluding hydrogens is 424 g/mol. The second kappa shape index (κ2) is 9.54. The first-order valence-electron chi connectivity index (χ1n) is 14.1. The Hall–Kier alpha value is -1.45. The summed E-state index contributed by atoms with van der Waals surface area (Å²) in [6.07, 6.45) is 14.1. The quantitative estimate of drug-likeness (QED) is 0.283. The molecule has 34 heavy (non-hydrogen) atoms. The van der Waals surface area contributed by atoms with Crippen LogP contribution in [0.15, 0.2) is 11.6 Å². The van der Waals surface area contributed by atoms with Gasteiger partial charge in [-0.05, 0) is 87.0 Å². The molecule has 0 heterocycles. The summed E-state index contributed by atoms with van der Waals surface area (Å²) < 4.78 is 6.25. The van der Waals surface area contributed by atoms with Gasteiger partial charge in [-0.25, -0.2) is 0 Å². The molecule has 4 aliphatic carbocycles. The monoisotopic (exact) mass is 470 g/mol. The van der Waals surface area contributed by atoms with Gasteiger partial charge in [0.25, 0.3) is 0 Å². The highest BCUT2D eigenvalue weighted by atomic mass is 16.6. The number of rotatable bonds is 8. The first kappa shape index (κ1) is 25.6. The molecule has 0 saturated heterocycles. The number of ketones is 2. The number of esters is 1. The summed E-state index contributed by atoms with van der Waals surface area (Å²) in [7, 11) is 0. The first-order valence-corrected chi connectivity index (χ1v) is 14.1. The number of allylic oxidation sites excluding steroid dienone is 1. The third-order valence-electron chi connectivity index (χ3n) is 10.7. The standard InChI is InChI=1S/C30H46O4/c1-6-7-8-9-10-11-27(33)34-30(21(3)31)17-14-25-23-18-20(2)26-19-22(32)12-15-28(26,4)24(23)13-16-29(25,30)5/h19-20,23-25H,6-18H2,1-5H3/t20-,23+,24-,25-,28+,29-,30-/m0/s1. The Kier molecular flexibility index (Phi) is 7.20. The molecule has 4 rings (SSSR count).